The number of fused-ring (bicyclic) bond motifs is 3. The zero-order valence-corrected chi connectivity index (χ0v) is 17.1. The van der Waals surface area contributed by atoms with Crippen LogP contribution in [0.15, 0.2) is 30.3 Å². The third-order valence-corrected chi connectivity index (χ3v) is 7.27. The van der Waals surface area contributed by atoms with Gasteiger partial charge in [0, 0.05) is 57.5 Å². The number of nitrogens with one attached hydrogen (secondary N) is 1. The molecule has 0 radical (unpaired) electrons. The van der Waals surface area contributed by atoms with E-state index in [4.69, 9.17) is 0 Å². The molecule has 1 aromatic carbocycles. The van der Waals surface area contributed by atoms with Crippen molar-refractivity contribution in [3.8, 4) is 0 Å². The summed E-state index contributed by atoms with van der Waals surface area (Å²) in [4.78, 5) is 7.64. The monoisotopic (exact) mass is 392 g/mol. The highest BCUT2D eigenvalue weighted by Crippen LogP contribution is 2.36. The molecule has 0 amide bonds. The van der Waals surface area contributed by atoms with Crippen LogP contribution in [-0.2, 0) is 10.0 Å². The highest BCUT2D eigenvalue weighted by atomic mass is 32.2. The number of hydrogen-bond donors (Lipinski definition) is 1. The highest BCUT2D eigenvalue weighted by molar-refractivity contribution is 7.88. The Morgan fingerprint density at radius 1 is 1.07 bits per heavy atom. The molecule has 1 unspecified atom stereocenters. The van der Waals surface area contributed by atoms with Crippen molar-refractivity contribution >= 4 is 15.7 Å². The third kappa shape index (κ3) is 4.83. The summed E-state index contributed by atoms with van der Waals surface area (Å²) >= 11 is 0. The molecule has 4 atom stereocenters. The quantitative estimate of drug-likeness (QED) is 0.785. The molecule has 27 heavy (non-hydrogen) atoms. The van der Waals surface area contributed by atoms with Crippen molar-refractivity contribution in [3.63, 3.8) is 0 Å². The van der Waals surface area contributed by atoms with Crippen LogP contribution in [0.3, 0.4) is 0 Å². The van der Waals surface area contributed by atoms with Gasteiger partial charge in [-0.05, 0) is 43.4 Å². The number of hydrogen-bond acceptors (Lipinski definition) is 5. The van der Waals surface area contributed by atoms with Gasteiger partial charge in [-0.3, -0.25) is 9.80 Å². The standard InChI is InChI=1S/C20H32N4O2S/c1-27(25,26)21-14-20-13-17-7-8-24(20)16-18(17)15-22-9-11-23(12-10-22)19-5-3-2-4-6-19/h2-6,17-18,20-21H,7-16H2,1H3/t17-,18+,20-/m1/s1. The summed E-state index contributed by atoms with van der Waals surface area (Å²) in [6, 6.07) is 11.1. The molecule has 1 N–H and O–H groups in total. The van der Waals surface area contributed by atoms with Gasteiger partial charge in [0.2, 0.25) is 10.0 Å². The minimum Gasteiger partial charge on any atom is -0.369 e. The van der Waals surface area contributed by atoms with E-state index in [-0.39, 0.29) is 0 Å². The Morgan fingerprint density at radius 3 is 2.44 bits per heavy atom. The van der Waals surface area contributed by atoms with Gasteiger partial charge in [-0.1, -0.05) is 18.2 Å². The average Bonchev–Trinajstić information content (AvgIpc) is 2.68. The van der Waals surface area contributed by atoms with Gasteiger partial charge in [-0.25, -0.2) is 13.1 Å². The van der Waals surface area contributed by atoms with E-state index in [2.05, 4.69) is 49.8 Å². The van der Waals surface area contributed by atoms with Gasteiger partial charge in [0.1, 0.15) is 0 Å². The maximum atomic E-state index is 11.4. The summed E-state index contributed by atoms with van der Waals surface area (Å²) in [6.07, 6.45) is 3.66. The Labute approximate surface area is 163 Å². The van der Waals surface area contributed by atoms with E-state index in [1.54, 1.807) is 0 Å². The Morgan fingerprint density at radius 2 is 1.81 bits per heavy atom. The van der Waals surface area contributed by atoms with E-state index in [1.807, 2.05) is 0 Å². The lowest BCUT2D eigenvalue weighted by Gasteiger charge is -2.51. The predicted molar refractivity (Wildman–Crippen MR) is 110 cm³/mol. The second-order valence-corrected chi connectivity index (χ2v) is 10.3. The molecule has 4 aliphatic heterocycles. The summed E-state index contributed by atoms with van der Waals surface area (Å²) in [5.74, 6) is 1.48. The normalized spacial score (nSPS) is 32.0. The summed E-state index contributed by atoms with van der Waals surface area (Å²) in [5.41, 5.74) is 1.33. The molecule has 2 bridgehead atoms. The zero-order valence-electron chi connectivity index (χ0n) is 16.3. The van der Waals surface area contributed by atoms with Crippen molar-refractivity contribution < 1.29 is 8.42 Å². The van der Waals surface area contributed by atoms with Crippen LogP contribution in [0, 0.1) is 11.8 Å². The number of piperidine rings is 3. The lowest BCUT2D eigenvalue weighted by molar-refractivity contribution is -0.0107. The number of anilines is 1. The molecule has 4 heterocycles. The van der Waals surface area contributed by atoms with E-state index in [0.29, 0.717) is 12.6 Å². The van der Waals surface area contributed by atoms with Gasteiger partial charge in [-0.2, -0.15) is 0 Å². The molecule has 0 spiro atoms. The molecule has 4 saturated heterocycles. The van der Waals surface area contributed by atoms with Crippen LogP contribution in [0.5, 0.6) is 0 Å². The van der Waals surface area contributed by atoms with Crippen molar-refractivity contribution in [2.75, 3.05) is 63.5 Å². The van der Waals surface area contributed by atoms with E-state index in [1.165, 1.54) is 24.9 Å². The highest BCUT2D eigenvalue weighted by Gasteiger charge is 2.40. The van der Waals surface area contributed by atoms with Crippen LogP contribution in [0.2, 0.25) is 0 Å². The maximum Gasteiger partial charge on any atom is 0.208 e. The molecule has 5 rings (SSSR count). The van der Waals surface area contributed by atoms with Crippen LogP contribution in [0.25, 0.3) is 0 Å². The van der Waals surface area contributed by atoms with E-state index in [9.17, 15) is 8.42 Å². The first-order valence-corrected chi connectivity index (χ1v) is 12.1. The molecular weight excluding hydrogens is 360 g/mol. The van der Waals surface area contributed by atoms with Gasteiger partial charge in [0.25, 0.3) is 0 Å². The second-order valence-electron chi connectivity index (χ2n) is 8.44. The van der Waals surface area contributed by atoms with Gasteiger partial charge < -0.3 is 4.90 Å². The smallest absolute Gasteiger partial charge is 0.208 e. The van der Waals surface area contributed by atoms with Crippen LogP contribution in [0.1, 0.15) is 12.8 Å². The van der Waals surface area contributed by atoms with E-state index >= 15 is 0 Å². The van der Waals surface area contributed by atoms with Crippen molar-refractivity contribution in [3.05, 3.63) is 30.3 Å². The first-order chi connectivity index (χ1) is 13.0. The fraction of sp³-hybridized carbons (Fsp3) is 0.700. The SMILES string of the molecule is CS(=O)(=O)NC[C@H]1C[C@H]2CCN1C[C@@H]2CN1CCN(c2ccccc2)CC1. The first kappa shape index (κ1) is 19.2. The molecule has 7 heteroatoms. The molecule has 1 aromatic rings. The van der Waals surface area contributed by atoms with Crippen LogP contribution >= 0.6 is 0 Å². The van der Waals surface area contributed by atoms with Gasteiger partial charge in [-0.15, -0.1) is 0 Å². The van der Waals surface area contributed by atoms with Crippen molar-refractivity contribution in [1.82, 2.24) is 14.5 Å². The lowest BCUT2D eigenvalue weighted by atomic mass is 9.75. The molecule has 4 fully saturated rings. The topological polar surface area (TPSA) is 55.9 Å². The van der Waals surface area contributed by atoms with Gasteiger partial charge >= 0.3 is 0 Å². The van der Waals surface area contributed by atoms with Crippen molar-refractivity contribution in [2.45, 2.75) is 18.9 Å². The molecular formula is C20H32N4O2S. The number of benzene rings is 1. The van der Waals surface area contributed by atoms with Crippen LogP contribution < -0.4 is 9.62 Å². The van der Waals surface area contributed by atoms with Crippen molar-refractivity contribution in [2.24, 2.45) is 11.8 Å². The van der Waals surface area contributed by atoms with Gasteiger partial charge in [0.15, 0.2) is 0 Å². The Balaban J connectivity index is 1.26. The Kier molecular flexibility index (Phi) is 5.73. The second kappa shape index (κ2) is 8.07. The number of para-hydroxylation sites is 1. The largest absolute Gasteiger partial charge is 0.369 e. The summed E-state index contributed by atoms with van der Waals surface area (Å²) in [6.45, 7) is 8.49. The molecule has 6 nitrogen and oxygen atoms in total. The molecule has 0 aliphatic carbocycles. The van der Waals surface area contributed by atoms with E-state index in [0.717, 1.165) is 57.5 Å². The minimum atomic E-state index is -3.09. The third-order valence-electron chi connectivity index (χ3n) is 6.58. The van der Waals surface area contributed by atoms with Crippen LogP contribution in [0.4, 0.5) is 5.69 Å². The zero-order chi connectivity index (χ0) is 18.9. The number of rotatable bonds is 6. The minimum absolute atomic E-state index is 0.379. The summed E-state index contributed by atoms with van der Waals surface area (Å²) in [7, 11) is -3.09. The van der Waals surface area contributed by atoms with Crippen LogP contribution in [-0.4, -0.2) is 82.9 Å². The first-order valence-electron chi connectivity index (χ1n) is 10.2. The number of nitrogens with zero attached hydrogens (tertiary/aromatic N) is 3. The van der Waals surface area contributed by atoms with Crippen molar-refractivity contribution in [1.29, 1.82) is 0 Å². The Bertz CT molecular complexity index is 719. The van der Waals surface area contributed by atoms with E-state index < -0.39 is 10.0 Å². The fourth-order valence-corrected chi connectivity index (χ4v) is 5.57. The van der Waals surface area contributed by atoms with Gasteiger partial charge in [0.05, 0.1) is 6.26 Å². The maximum absolute atomic E-state index is 11.4. The molecule has 4 aliphatic rings. The summed E-state index contributed by atoms with van der Waals surface area (Å²) < 4.78 is 25.5. The summed E-state index contributed by atoms with van der Waals surface area (Å²) in [5, 5.41) is 0. The molecule has 150 valence electrons. The lowest BCUT2D eigenvalue weighted by Crippen LogP contribution is -2.59. The predicted octanol–water partition coefficient (Wildman–Crippen LogP) is 1.07. The molecule has 0 saturated carbocycles. The number of piperazine rings is 1. The average molecular weight is 393 g/mol. The Hall–Kier alpha value is -1.15. The number of sulfonamides is 1. The molecule has 0 aromatic heterocycles. The fourth-order valence-electron chi connectivity index (χ4n) is 5.08.